The fourth-order valence-corrected chi connectivity index (χ4v) is 1.24. The minimum absolute atomic E-state index is 0.214. The van der Waals surface area contributed by atoms with E-state index in [1.807, 2.05) is 24.3 Å². The van der Waals surface area contributed by atoms with Gasteiger partial charge >= 0.3 is 0 Å². The number of halogens is 1. The molecule has 0 atom stereocenters. The number of hydrogen-bond donors (Lipinski definition) is 0. The van der Waals surface area contributed by atoms with Crippen LogP contribution in [0.15, 0.2) is 48.8 Å². The topological polar surface area (TPSA) is 12.9 Å². The summed E-state index contributed by atoms with van der Waals surface area (Å²) < 4.78 is 12.6. The minimum Gasteiger partial charge on any atom is -0.264 e. The van der Waals surface area contributed by atoms with E-state index in [-0.39, 0.29) is 5.82 Å². The van der Waals surface area contributed by atoms with Gasteiger partial charge in [-0.1, -0.05) is 30.4 Å². The van der Waals surface area contributed by atoms with E-state index in [4.69, 9.17) is 0 Å². The van der Waals surface area contributed by atoms with Crippen molar-refractivity contribution in [2.45, 2.75) is 0 Å². The highest BCUT2D eigenvalue weighted by atomic mass is 19.1. The Balaban J connectivity index is 2.15. The molecule has 0 N–H and O–H groups in total. The monoisotopic (exact) mass is 199 g/mol. The lowest BCUT2D eigenvalue weighted by molar-refractivity contribution is 0.628. The van der Waals surface area contributed by atoms with E-state index in [1.54, 1.807) is 24.5 Å². The van der Waals surface area contributed by atoms with Crippen molar-refractivity contribution in [3.05, 3.63) is 65.7 Å². The van der Waals surface area contributed by atoms with Crippen LogP contribution in [0.2, 0.25) is 0 Å². The molecule has 0 radical (unpaired) electrons. The maximum atomic E-state index is 12.6. The Morgan fingerprint density at radius 3 is 2.33 bits per heavy atom. The number of pyridine rings is 1. The van der Waals surface area contributed by atoms with Gasteiger partial charge in [-0.2, -0.15) is 0 Å². The molecule has 1 aromatic heterocycles. The molecule has 2 heteroatoms. The van der Waals surface area contributed by atoms with Gasteiger partial charge in [-0.3, -0.25) is 4.98 Å². The van der Waals surface area contributed by atoms with Gasteiger partial charge < -0.3 is 0 Å². The van der Waals surface area contributed by atoms with Gasteiger partial charge in [0.25, 0.3) is 0 Å². The molecule has 0 fully saturated rings. The van der Waals surface area contributed by atoms with E-state index in [0.717, 1.165) is 11.1 Å². The van der Waals surface area contributed by atoms with Crippen LogP contribution in [-0.2, 0) is 0 Å². The average Bonchev–Trinajstić information content (AvgIpc) is 2.30. The van der Waals surface area contributed by atoms with Gasteiger partial charge in [0.1, 0.15) is 5.82 Å². The summed E-state index contributed by atoms with van der Waals surface area (Å²) in [7, 11) is 0. The third-order valence-corrected chi connectivity index (χ3v) is 2.02. The highest BCUT2D eigenvalue weighted by Gasteiger charge is 1.89. The van der Waals surface area contributed by atoms with Crippen LogP contribution in [0.4, 0.5) is 4.39 Å². The maximum absolute atomic E-state index is 12.6. The summed E-state index contributed by atoms with van der Waals surface area (Å²) in [6.07, 6.45) is 7.38. The SMILES string of the molecule is Fc1ccc(/C=C/c2cccnc2)cc1. The molecule has 0 saturated carbocycles. The molecule has 2 rings (SSSR count). The van der Waals surface area contributed by atoms with E-state index in [9.17, 15) is 4.39 Å². The van der Waals surface area contributed by atoms with Gasteiger partial charge in [0.05, 0.1) is 0 Å². The van der Waals surface area contributed by atoms with Crippen molar-refractivity contribution in [3.63, 3.8) is 0 Å². The van der Waals surface area contributed by atoms with Crippen molar-refractivity contribution in [2.75, 3.05) is 0 Å². The molecule has 0 aliphatic carbocycles. The number of nitrogens with zero attached hydrogens (tertiary/aromatic N) is 1. The van der Waals surface area contributed by atoms with E-state index >= 15 is 0 Å². The lowest BCUT2D eigenvalue weighted by Gasteiger charge is -1.93. The second-order valence-electron chi connectivity index (χ2n) is 3.17. The smallest absolute Gasteiger partial charge is 0.123 e. The summed E-state index contributed by atoms with van der Waals surface area (Å²) in [5.74, 6) is -0.214. The maximum Gasteiger partial charge on any atom is 0.123 e. The van der Waals surface area contributed by atoms with E-state index in [0.29, 0.717) is 0 Å². The van der Waals surface area contributed by atoms with Crippen LogP contribution >= 0.6 is 0 Å². The van der Waals surface area contributed by atoms with Gasteiger partial charge in [-0.15, -0.1) is 0 Å². The predicted molar refractivity (Wildman–Crippen MR) is 59.6 cm³/mol. The molecule has 74 valence electrons. The second-order valence-corrected chi connectivity index (χ2v) is 3.17. The van der Waals surface area contributed by atoms with Crippen LogP contribution in [-0.4, -0.2) is 4.98 Å². The van der Waals surface area contributed by atoms with Crippen LogP contribution in [0, 0.1) is 5.82 Å². The molecule has 0 aliphatic rings. The lowest BCUT2D eigenvalue weighted by atomic mass is 10.2. The van der Waals surface area contributed by atoms with Gasteiger partial charge in [-0.05, 0) is 29.3 Å². The summed E-state index contributed by atoms with van der Waals surface area (Å²) >= 11 is 0. The van der Waals surface area contributed by atoms with E-state index < -0.39 is 0 Å². The van der Waals surface area contributed by atoms with Crippen molar-refractivity contribution >= 4 is 12.2 Å². The molecule has 2 aromatic rings. The quantitative estimate of drug-likeness (QED) is 0.722. The van der Waals surface area contributed by atoms with Crippen molar-refractivity contribution in [3.8, 4) is 0 Å². The highest BCUT2D eigenvalue weighted by Crippen LogP contribution is 2.07. The highest BCUT2D eigenvalue weighted by molar-refractivity contribution is 5.68. The van der Waals surface area contributed by atoms with Crippen molar-refractivity contribution in [2.24, 2.45) is 0 Å². The first-order valence-corrected chi connectivity index (χ1v) is 4.68. The Kier molecular flexibility index (Phi) is 2.88. The summed E-state index contributed by atoms with van der Waals surface area (Å²) in [6, 6.07) is 10.2. The zero-order valence-corrected chi connectivity index (χ0v) is 8.10. The number of hydrogen-bond acceptors (Lipinski definition) is 1. The average molecular weight is 199 g/mol. The minimum atomic E-state index is -0.214. The van der Waals surface area contributed by atoms with Crippen LogP contribution in [0.25, 0.3) is 12.2 Å². The molecule has 0 bridgehead atoms. The molecule has 1 nitrogen and oxygen atoms in total. The molecule has 15 heavy (non-hydrogen) atoms. The van der Waals surface area contributed by atoms with E-state index in [2.05, 4.69) is 4.98 Å². The first kappa shape index (κ1) is 9.59. The lowest BCUT2D eigenvalue weighted by Crippen LogP contribution is -1.75. The van der Waals surface area contributed by atoms with Gasteiger partial charge in [0.2, 0.25) is 0 Å². The fraction of sp³-hybridized carbons (Fsp3) is 0. The Labute approximate surface area is 87.9 Å². The standard InChI is InChI=1S/C13H10FN/c14-13-7-5-11(6-8-13)3-4-12-2-1-9-15-10-12/h1-10H/b4-3+. The first-order valence-electron chi connectivity index (χ1n) is 4.68. The summed E-state index contributed by atoms with van der Waals surface area (Å²) in [4.78, 5) is 4.00. The van der Waals surface area contributed by atoms with Crippen molar-refractivity contribution in [1.29, 1.82) is 0 Å². The second kappa shape index (κ2) is 4.51. The molecule has 0 amide bonds. The zero-order valence-electron chi connectivity index (χ0n) is 8.10. The molecule has 0 spiro atoms. The van der Waals surface area contributed by atoms with Crippen molar-refractivity contribution in [1.82, 2.24) is 4.98 Å². The summed E-state index contributed by atoms with van der Waals surface area (Å²) in [5, 5.41) is 0. The third kappa shape index (κ3) is 2.74. The van der Waals surface area contributed by atoms with Crippen LogP contribution < -0.4 is 0 Å². The molecule has 1 heterocycles. The number of aromatic nitrogens is 1. The largest absolute Gasteiger partial charge is 0.264 e. The van der Waals surface area contributed by atoms with Gasteiger partial charge in [-0.25, -0.2) is 4.39 Å². The Bertz CT molecular complexity index is 446. The summed E-state index contributed by atoms with van der Waals surface area (Å²) in [5.41, 5.74) is 2.00. The van der Waals surface area contributed by atoms with E-state index in [1.165, 1.54) is 12.1 Å². The third-order valence-electron chi connectivity index (χ3n) is 2.02. The molecule has 1 aromatic carbocycles. The Hall–Kier alpha value is -1.96. The van der Waals surface area contributed by atoms with Crippen molar-refractivity contribution < 1.29 is 4.39 Å². The van der Waals surface area contributed by atoms with Gasteiger partial charge in [0.15, 0.2) is 0 Å². The number of rotatable bonds is 2. The Morgan fingerprint density at radius 2 is 1.67 bits per heavy atom. The predicted octanol–water partition coefficient (Wildman–Crippen LogP) is 3.39. The molecule has 0 unspecified atom stereocenters. The normalized spacial score (nSPS) is 10.7. The summed E-state index contributed by atoms with van der Waals surface area (Å²) in [6.45, 7) is 0. The van der Waals surface area contributed by atoms with Crippen LogP contribution in [0.5, 0.6) is 0 Å². The Morgan fingerprint density at radius 1 is 0.933 bits per heavy atom. The number of benzene rings is 1. The molecular weight excluding hydrogens is 189 g/mol. The van der Waals surface area contributed by atoms with Crippen LogP contribution in [0.1, 0.15) is 11.1 Å². The fourth-order valence-electron chi connectivity index (χ4n) is 1.24. The molecular formula is C13H10FN. The first-order chi connectivity index (χ1) is 7.34. The molecule has 0 aliphatic heterocycles. The van der Waals surface area contributed by atoms with Crippen LogP contribution in [0.3, 0.4) is 0 Å². The zero-order chi connectivity index (χ0) is 10.5. The molecule has 0 saturated heterocycles. The van der Waals surface area contributed by atoms with Gasteiger partial charge in [0, 0.05) is 12.4 Å².